The summed E-state index contributed by atoms with van der Waals surface area (Å²) < 4.78 is 19.7. The highest BCUT2D eigenvalue weighted by atomic mass is 127. The number of carbonyl (C=O) groups excluding carboxylic acids is 2. The Kier molecular flexibility index (Phi) is 13.3. The van der Waals surface area contributed by atoms with Crippen molar-refractivity contribution in [2.45, 2.75) is 6.54 Å². The predicted molar refractivity (Wildman–Crippen MR) is 242 cm³/mol. The molecule has 0 saturated carbocycles. The SMILES string of the molecule is CNC(=O)COc1cc2cc(Nc3nc(N4CCOCC4)nc(CNC(=O)COc4cc5cc(Nc6nc(N(C)C)ncc6Cl)ccc5n(C)c4=O)c3Cl)ccc2n(I)c1=O. The lowest BCUT2D eigenvalue weighted by atomic mass is 10.2. The molecule has 4 aromatic heterocycles. The van der Waals surface area contributed by atoms with E-state index in [1.807, 2.05) is 47.9 Å². The summed E-state index contributed by atoms with van der Waals surface area (Å²) in [4.78, 5) is 73.0. The number of rotatable bonds is 14. The monoisotopic (exact) mass is 984 g/mol. The van der Waals surface area contributed by atoms with E-state index in [9.17, 15) is 19.2 Å². The lowest BCUT2D eigenvalue weighted by Gasteiger charge is -2.27. The molecule has 61 heavy (non-hydrogen) atoms. The maximum atomic E-state index is 13.3. The average Bonchev–Trinajstić information content (AvgIpc) is 3.26. The first-order valence-electron chi connectivity index (χ1n) is 18.6. The van der Waals surface area contributed by atoms with Crippen LogP contribution in [0.25, 0.3) is 21.8 Å². The number of hydrogen-bond donors (Lipinski definition) is 4. The molecule has 0 unspecified atom stereocenters. The number of nitrogens with zero attached hydrogens (tertiary/aromatic N) is 8. The number of nitrogens with one attached hydrogen (secondary N) is 4. The Morgan fingerprint density at radius 1 is 0.852 bits per heavy atom. The minimum absolute atomic E-state index is 0.00568. The van der Waals surface area contributed by atoms with Crippen LogP contribution >= 0.6 is 46.1 Å². The lowest BCUT2D eigenvalue weighted by molar-refractivity contribution is -0.123. The number of morpholine rings is 1. The summed E-state index contributed by atoms with van der Waals surface area (Å²) in [6, 6.07) is 13.8. The Balaban J connectivity index is 1.08. The molecule has 1 aliphatic heterocycles. The average molecular weight is 986 g/mol. The van der Waals surface area contributed by atoms with Gasteiger partial charge in [-0.3, -0.25) is 19.2 Å². The molecule has 0 bridgehead atoms. The van der Waals surface area contributed by atoms with Gasteiger partial charge in [-0.25, -0.2) is 12.7 Å². The zero-order valence-corrected chi connectivity index (χ0v) is 36.9. The van der Waals surface area contributed by atoms with Crippen LogP contribution in [0.5, 0.6) is 11.5 Å². The first-order valence-corrected chi connectivity index (χ1v) is 20.4. The van der Waals surface area contributed by atoms with E-state index in [4.69, 9.17) is 47.4 Å². The summed E-state index contributed by atoms with van der Waals surface area (Å²) in [6.07, 6.45) is 1.51. The normalized spacial score (nSPS) is 12.6. The molecule has 1 aliphatic rings. The highest BCUT2D eigenvalue weighted by Gasteiger charge is 2.21. The third-order valence-electron chi connectivity index (χ3n) is 9.41. The van der Waals surface area contributed by atoms with Crippen molar-refractivity contribution in [3.8, 4) is 11.5 Å². The summed E-state index contributed by atoms with van der Waals surface area (Å²) >= 11 is 15.1. The molecule has 0 atom stereocenters. The first-order chi connectivity index (χ1) is 29.3. The van der Waals surface area contributed by atoms with Crippen molar-refractivity contribution in [2.75, 3.05) is 81.1 Å². The van der Waals surface area contributed by atoms with Gasteiger partial charge in [0.05, 0.1) is 65.5 Å². The van der Waals surface area contributed by atoms with E-state index in [-0.39, 0.29) is 41.4 Å². The van der Waals surface area contributed by atoms with Gasteiger partial charge < -0.3 is 49.8 Å². The fraction of sp³-hybridized carbons (Fsp3) is 0.282. The van der Waals surface area contributed by atoms with Gasteiger partial charge in [0.15, 0.2) is 36.3 Å². The summed E-state index contributed by atoms with van der Waals surface area (Å²) in [7, 11) is 6.73. The molecule has 6 aromatic rings. The number of amides is 2. The fourth-order valence-corrected chi connectivity index (χ4v) is 7.20. The Morgan fingerprint density at radius 2 is 1.48 bits per heavy atom. The summed E-state index contributed by atoms with van der Waals surface area (Å²) in [5.74, 6) is 0.587. The van der Waals surface area contributed by atoms with E-state index in [1.165, 1.54) is 20.6 Å². The van der Waals surface area contributed by atoms with Crippen molar-refractivity contribution >= 4 is 115 Å². The number of ether oxygens (including phenoxy) is 3. The number of fused-ring (bicyclic) bond motifs is 2. The Labute approximate surface area is 371 Å². The van der Waals surface area contributed by atoms with Gasteiger partial charge in [0.1, 0.15) is 10.0 Å². The number of carbonyl (C=O) groups is 2. The van der Waals surface area contributed by atoms with Crippen molar-refractivity contribution in [3.63, 3.8) is 0 Å². The quantitative estimate of drug-likeness (QED) is 0.113. The van der Waals surface area contributed by atoms with E-state index in [1.54, 1.807) is 54.4 Å². The molecule has 0 spiro atoms. The molecular formula is C39H39Cl2IN12O7. The zero-order valence-electron chi connectivity index (χ0n) is 33.2. The van der Waals surface area contributed by atoms with Gasteiger partial charge in [0, 0.05) is 63.4 Å². The minimum atomic E-state index is -0.529. The van der Waals surface area contributed by atoms with Gasteiger partial charge in [0.2, 0.25) is 11.9 Å². The highest BCUT2D eigenvalue weighted by molar-refractivity contribution is 14.1. The number of benzene rings is 2. The number of halogens is 3. The number of aryl methyl sites for hydroxylation is 1. The van der Waals surface area contributed by atoms with E-state index in [2.05, 4.69) is 31.2 Å². The Morgan fingerprint density at radius 3 is 2.15 bits per heavy atom. The van der Waals surface area contributed by atoms with Gasteiger partial charge in [-0.15, -0.1) is 0 Å². The standard InChI is InChI=1S/C39H39Cl2IN12O7/c1-43-31(55)19-60-30-16-22-14-24(6-8-28(22)54(42)37(30)58)47-35-33(41)26(48-39(50-35)53-9-11-59-12-10-53)18-44-32(56)20-61-29-15-21-13-23(5-7-27(21)52(4)36(29)57)46-34-25(40)17-45-38(49-34)51(2)3/h5-8,13-17H,9-12,18-20H2,1-4H3,(H,43,55)(H,44,56)(H,45,46,49)(H,47,48,50). The predicted octanol–water partition coefficient (Wildman–Crippen LogP) is 4.15. The molecule has 2 aromatic carbocycles. The minimum Gasteiger partial charge on any atom is -0.478 e. The second-order valence-electron chi connectivity index (χ2n) is 13.8. The Bertz CT molecular complexity index is 2780. The second-order valence-corrected chi connectivity index (χ2v) is 15.5. The highest BCUT2D eigenvalue weighted by Crippen LogP contribution is 2.32. The summed E-state index contributed by atoms with van der Waals surface area (Å²) in [5, 5.41) is 13.5. The van der Waals surface area contributed by atoms with Crippen LogP contribution in [-0.2, 0) is 27.9 Å². The molecule has 1 fully saturated rings. The first kappa shape index (κ1) is 43.1. The molecule has 318 valence electrons. The Hall–Kier alpha value is -5.97. The van der Waals surface area contributed by atoms with Crippen molar-refractivity contribution in [1.29, 1.82) is 0 Å². The van der Waals surface area contributed by atoms with Crippen LogP contribution in [0.3, 0.4) is 0 Å². The molecule has 1 saturated heterocycles. The van der Waals surface area contributed by atoms with Gasteiger partial charge in [0.25, 0.3) is 17.4 Å². The van der Waals surface area contributed by atoms with Crippen molar-refractivity contribution in [2.24, 2.45) is 7.05 Å². The van der Waals surface area contributed by atoms with Crippen LogP contribution in [-0.4, -0.2) is 99.8 Å². The van der Waals surface area contributed by atoms with Crippen molar-refractivity contribution in [3.05, 3.63) is 91.2 Å². The molecule has 4 N–H and O–H groups in total. The van der Waals surface area contributed by atoms with E-state index in [0.29, 0.717) is 87.9 Å². The summed E-state index contributed by atoms with van der Waals surface area (Å²) in [5.41, 5.74) is 1.97. The second kappa shape index (κ2) is 18.7. The number of anilines is 6. The molecule has 2 amide bonds. The largest absolute Gasteiger partial charge is 0.478 e. The molecule has 19 nitrogen and oxygen atoms in total. The van der Waals surface area contributed by atoms with Crippen LogP contribution in [0.4, 0.5) is 34.9 Å². The van der Waals surface area contributed by atoms with Gasteiger partial charge >= 0.3 is 5.56 Å². The lowest BCUT2D eigenvalue weighted by Crippen LogP contribution is -2.38. The third-order valence-corrected chi connectivity index (χ3v) is 11.0. The fourth-order valence-electron chi connectivity index (χ4n) is 6.19. The van der Waals surface area contributed by atoms with Gasteiger partial charge in [-0.05, 0) is 48.5 Å². The summed E-state index contributed by atoms with van der Waals surface area (Å²) in [6.45, 7) is 1.14. The van der Waals surface area contributed by atoms with Crippen LogP contribution in [0.2, 0.25) is 10.0 Å². The zero-order chi connectivity index (χ0) is 43.4. The number of likely N-dealkylation sites (N-methyl/N-ethyl adjacent to an activating group) is 1. The number of aromatic nitrogens is 6. The van der Waals surface area contributed by atoms with Crippen LogP contribution in [0.1, 0.15) is 5.69 Å². The smallest absolute Gasteiger partial charge is 0.302 e. The van der Waals surface area contributed by atoms with E-state index >= 15 is 0 Å². The molecule has 5 heterocycles. The van der Waals surface area contributed by atoms with Gasteiger partial charge in [-0.1, -0.05) is 23.2 Å². The maximum Gasteiger partial charge on any atom is 0.302 e. The molecular weight excluding hydrogens is 946 g/mol. The van der Waals surface area contributed by atoms with Crippen LogP contribution in [0.15, 0.2) is 64.3 Å². The van der Waals surface area contributed by atoms with Crippen LogP contribution in [0, 0.1) is 0 Å². The van der Waals surface area contributed by atoms with E-state index in [0.717, 1.165) is 0 Å². The molecule has 22 heteroatoms. The molecule has 0 aliphatic carbocycles. The number of pyridine rings is 2. The number of hydrogen-bond acceptors (Lipinski definition) is 15. The van der Waals surface area contributed by atoms with Gasteiger partial charge in [-0.2, -0.15) is 9.97 Å². The topological polar surface area (TPSA) is 212 Å². The van der Waals surface area contributed by atoms with E-state index < -0.39 is 23.6 Å². The van der Waals surface area contributed by atoms with Crippen LogP contribution < -0.4 is 51.7 Å². The van der Waals surface area contributed by atoms with Crippen molar-refractivity contribution < 1.29 is 23.8 Å². The van der Waals surface area contributed by atoms with Crippen molar-refractivity contribution in [1.82, 2.24) is 37.9 Å². The third kappa shape index (κ3) is 9.82. The maximum absolute atomic E-state index is 13.3. The molecule has 0 radical (unpaired) electrons. The molecule has 7 rings (SSSR count).